The van der Waals surface area contributed by atoms with Crippen molar-refractivity contribution in [3.8, 4) is 0 Å². The van der Waals surface area contributed by atoms with E-state index < -0.39 is 0 Å². The summed E-state index contributed by atoms with van der Waals surface area (Å²) in [6.07, 6.45) is 1.92. The molecule has 2 aromatic rings. The molecule has 1 atom stereocenters. The average Bonchev–Trinajstić information content (AvgIpc) is 2.79. The average molecular weight is 247 g/mol. The molecule has 3 heterocycles. The monoisotopic (exact) mass is 247 g/mol. The van der Waals surface area contributed by atoms with Gasteiger partial charge in [0.2, 0.25) is 5.95 Å². The van der Waals surface area contributed by atoms with Gasteiger partial charge in [0.25, 0.3) is 0 Å². The molecule has 0 bridgehead atoms. The van der Waals surface area contributed by atoms with Gasteiger partial charge in [0.15, 0.2) is 5.65 Å². The molecule has 1 fully saturated rings. The van der Waals surface area contributed by atoms with E-state index in [1.165, 1.54) is 5.56 Å². The van der Waals surface area contributed by atoms with Gasteiger partial charge in [-0.3, -0.25) is 0 Å². The summed E-state index contributed by atoms with van der Waals surface area (Å²) in [6, 6.07) is 4.36. The van der Waals surface area contributed by atoms with E-state index >= 15 is 0 Å². The van der Waals surface area contributed by atoms with Crippen molar-refractivity contribution < 1.29 is 4.74 Å². The van der Waals surface area contributed by atoms with Crippen LogP contribution < -0.4 is 10.6 Å². The van der Waals surface area contributed by atoms with Crippen LogP contribution in [0.4, 0.5) is 5.95 Å². The highest BCUT2D eigenvalue weighted by Gasteiger charge is 2.13. The molecule has 3 rings (SSSR count). The van der Waals surface area contributed by atoms with E-state index in [0.29, 0.717) is 12.0 Å². The molecule has 6 heteroatoms. The molecule has 1 saturated heterocycles. The number of hydrogen-bond acceptors (Lipinski definition) is 5. The van der Waals surface area contributed by atoms with Crippen LogP contribution in [0.5, 0.6) is 0 Å². The Labute approximate surface area is 105 Å². The van der Waals surface area contributed by atoms with Crippen LogP contribution in [0.15, 0.2) is 18.3 Å². The Balaban J connectivity index is 1.67. The van der Waals surface area contributed by atoms with Crippen LogP contribution in [-0.4, -0.2) is 46.9 Å². The number of aryl methyl sites for hydroxylation is 1. The maximum atomic E-state index is 5.40. The molecular formula is C12H17N5O. The molecular weight excluding hydrogens is 230 g/mol. The van der Waals surface area contributed by atoms with Gasteiger partial charge in [0.05, 0.1) is 13.2 Å². The molecule has 0 aromatic carbocycles. The SMILES string of the molecule is Cc1ccn2nc(NCC3COCCN3)nc2c1. The third-order valence-electron chi connectivity index (χ3n) is 3.00. The highest BCUT2D eigenvalue weighted by atomic mass is 16.5. The first kappa shape index (κ1) is 11.4. The van der Waals surface area contributed by atoms with Gasteiger partial charge in [-0.2, -0.15) is 4.98 Å². The van der Waals surface area contributed by atoms with E-state index in [-0.39, 0.29) is 0 Å². The Hall–Kier alpha value is -1.66. The number of hydrogen-bond donors (Lipinski definition) is 2. The molecule has 2 aromatic heterocycles. The molecule has 18 heavy (non-hydrogen) atoms. The smallest absolute Gasteiger partial charge is 0.243 e. The molecule has 0 aliphatic carbocycles. The molecule has 0 spiro atoms. The topological polar surface area (TPSA) is 63.5 Å². The van der Waals surface area contributed by atoms with Gasteiger partial charge in [0.1, 0.15) is 0 Å². The summed E-state index contributed by atoms with van der Waals surface area (Å²) in [6.45, 7) is 5.26. The quantitative estimate of drug-likeness (QED) is 0.824. The molecule has 96 valence electrons. The molecule has 0 radical (unpaired) electrons. The zero-order valence-electron chi connectivity index (χ0n) is 10.4. The van der Waals surface area contributed by atoms with Crippen LogP contribution in [-0.2, 0) is 4.74 Å². The second kappa shape index (κ2) is 4.91. The zero-order chi connectivity index (χ0) is 12.4. The molecule has 0 saturated carbocycles. The maximum Gasteiger partial charge on any atom is 0.243 e. The largest absolute Gasteiger partial charge is 0.378 e. The van der Waals surface area contributed by atoms with Gasteiger partial charge in [-0.25, -0.2) is 4.52 Å². The lowest BCUT2D eigenvalue weighted by atomic mass is 10.3. The number of ether oxygens (including phenoxy) is 1. The summed E-state index contributed by atoms with van der Waals surface area (Å²) in [7, 11) is 0. The second-order valence-electron chi connectivity index (χ2n) is 4.55. The van der Waals surface area contributed by atoms with Crippen molar-refractivity contribution in [2.45, 2.75) is 13.0 Å². The van der Waals surface area contributed by atoms with Gasteiger partial charge >= 0.3 is 0 Å². The van der Waals surface area contributed by atoms with Gasteiger partial charge in [-0.15, -0.1) is 5.10 Å². The molecule has 6 nitrogen and oxygen atoms in total. The number of morpholine rings is 1. The Bertz CT molecular complexity index is 532. The minimum Gasteiger partial charge on any atom is -0.378 e. The Morgan fingerprint density at radius 2 is 2.56 bits per heavy atom. The molecule has 2 N–H and O–H groups in total. The summed E-state index contributed by atoms with van der Waals surface area (Å²) < 4.78 is 7.17. The minimum absolute atomic E-state index is 0.326. The van der Waals surface area contributed by atoms with Crippen LogP contribution in [0.1, 0.15) is 5.56 Å². The zero-order valence-corrected chi connectivity index (χ0v) is 10.4. The predicted octanol–water partition coefficient (Wildman–Crippen LogP) is 0.438. The molecule has 1 aliphatic rings. The molecule has 1 unspecified atom stereocenters. The predicted molar refractivity (Wildman–Crippen MR) is 68.8 cm³/mol. The van der Waals surface area contributed by atoms with Crippen LogP contribution in [0.2, 0.25) is 0 Å². The van der Waals surface area contributed by atoms with Crippen molar-refractivity contribution in [3.05, 3.63) is 23.9 Å². The third kappa shape index (κ3) is 2.44. The van der Waals surface area contributed by atoms with Crippen molar-refractivity contribution in [3.63, 3.8) is 0 Å². The van der Waals surface area contributed by atoms with E-state index in [1.807, 2.05) is 25.3 Å². The first-order valence-corrected chi connectivity index (χ1v) is 6.19. The van der Waals surface area contributed by atoms with E-state index in [1.54, 1.807) is 4.52 Å². The van der Waals surface area contributed by atoms with Crippen molar-refractivity contribution in [1.82, 2.24) is 19.9 Å². The van der Waals surface area contributed by atoms with Crippen molar-refractivity contribution in [1.29, 1.82) is 0 Å². The van der Waals surface area contributed by atoms with E-state index in [0.717, 1.165) is 32.0 Å². The summed E-state index contributed by atoms with van der Waals surface area (Å²) in [4.78, 5) is 4.43. The Kier molecular flexibility index (Phi) is 3.12. The lowest BCUT2D eigenvalue weighted by Crippen LogP contribution is -2.45. The number of aromatic nitrogens is 3. The second-order valence-corrected chi connectivity index (χ2v) is 4.55. The lowest BCUT2D eigenvalue weighted by molar-refractivity contribution is 0.0806. The number of nitrogens with one attached hydrogen (secondary N) is 2. The minimum atomic E-state index is 0.326. The molecule has 0 amide bonds. The fraction of sp³-hybridized carbons (Fsp3) is 0.500. The van der Waals surface area contributed by atoms with Crippen LogP contribution in [0.25, 0.3) is 5.65 Å². The molecule has 1 aliphatic heterocycles. The maximum absolute atomic E-state index is 5.40. The fourth-order valence-corrected chi connectivity index (χ4v) is 2.02. The van der Waals surface area contributed by atoms with Crippen molar-refractivity contribution >= 4 is 11.6 Å². The first-order chi connectivity index (χ1) is 8.81. The number of pyridine rings is 1. The Morgan fingerprint density at radius 1 is 1.61 bits per heavy atom. The number of nitrogens with zero attached hydrogens (tertiary/aromatic N) is 3. The number of rotatable bonds is 3. The van der Waals surface area contributed by atoms with E-state index in [4.69, 9.17) is 4.74 Å². The summed E-state index contributed by atoms with van der Waals surface area (Å²) in [5.41, 5.74) is 2.05. The van der Waals surface area contributed by atoms with Crippen molar-refractivity contribution in [2.24, 2.45) is 0 Å². The summed E-state index contributed by atoms with van der Waals surface area (Å²) >= 11 is 0. The van der Waals surface area contributed by atoms with Gasteiger partial charge < -0.3 is 15.4 Å². The van der Waals surface area contributed by atoms with Crippen molar-refractivity contribution in [2.75, 3.05) is 31.6 Å². The summed E-state index contributed by atoms with van der Waals surface area (Å²) in [5.74, 6) is 0.660. The van der Waals surface area contributed by atoms with E-state index in [9.17, 15) is 0 Å². The third-order valence-corrected chi connectivity index (χ3v) is 3.00. The van der Waals surface area contributed by atoms with Crippen LogP contribution in [0.3, 0.4) is 0 Å². The summed E-state index contributed by atoms with van der Waals surface area (Å²) in [5, 5.41) is 11.0. The lowest BCUT2D eigenvalue weighted by Gasteiger charge is -2.23. The van der Waals surface area contributed by atoms with Crippen LogP contribution in [0, 0.1) is 6.92 Å². The van der Waals surface area contributed by atoms with Crippen LogP contribution >= 0.6 is 0 Å². The number of anilines is 1. The highest BCUT2D eigenvalue weighted by Crippen LogP contribution is 2.07. The Morgan fingerprint density at radius 3 is 3.39 bits per heavy atom. The van der Waals surface area contributed by atoms with E-state index in [2.05, 4.69) is 20.7 Å². The van der Waals surface area contributed by atoms with Gasteiger partial charge in [-0.05, 0) is 24.6 Å². The number of fused-ring (bicyclic) bond motifs is 1. The first-order valence-electron chi connectivity index (χ1n) is 6.19. The fourth-order valence-electron chi connectivity index (χ4n) is 2.02. The highest BCUT2D eigenvalue weighted by molar-refractivity contribution is 5.45. The van der Waals surface area contributed by atoms with Gasteiger partial charge in [0, 0.05) is 25.3 Å². The van der Waals surface area contributed by atoms with Gasteiger partial charge in [-0.1, -0.05) is 0 Å². The standard InChI is InChI=1S/C12H17N5O/c1-9-2-4-17-11(6-9)15-12(16-17)14-7-10-8-18-5-3-13-10/h2,4,6,10,13H,3,5,7-8H2,1H3,(H,14,16). The normalized spacial score (nSPS) is 20.2.